The molecule has 1 spiro atoms. The van der Waals surface area contributed by atoms with E-state index in [1.165, 1.54) is 11.5 Å². The van der Waals surface area contributed by atoms with Gasteiger partial charge in [-0.05, 0) is 67.3 Å². The molecule has 0 N–H and O–H groups in total. The Morgan fingerprint density at radius 3 is 2.91 bits per heavy atom. The van der Waals surface area contributed by atoms with Crippen molar-refractivity contribution in [1.29, 1.82) is 0 Å². The maximum absolute atomic E-state index is 12.6. The van der Waals surface area contributed by atoms with Crippen molar-refractivity contribution < 1.29 is 17.3 Å². The molecular formula is C16H19NO4S2. The first-order valence-electron chi connectivity index (χ1n) is 7.92. The summed E-state index contributed by atoms with van der Waals surface area (Å²) >= 11 is 1.39. The predicted octanol–water partition coefficient (Wildman–Crippen LogP) is 3.35. The second kappa shape index (κ2) is 5.72. The van der Waals surface area contributed by atoms with Gasteiger partial charge in [0.05, 0.1) is 9.95 Å². The first-order valence-corrected chi connectivity index (χ1v) is 10.2. The van der Waals surface area contributed by atoms with Crippen molar-refractivity contribution in [1.82, 2.24) is 4.37 Å². The maximum Gasteiger partial charge on any atom is 0.312 e. The molecule has 23 heavy (non-hydrogen) atoms. The van der Waals surface area contributed by atoms with Crippen LogP contribution in [0.2, 0.25) is 0 Å². The summed E-state index contributed by atoms with van der Waals surface area (Å²) in [7, 11) is -3.60. The van der Waals surface area contributed by atoms with Crippen molar-refractivity contribution in [3.8, 4) is 5.75 Å². The van der Waals surface area contributed by atoms with Gasteiger partial charge in [0.25, 0.3) is 0 Å². The lowest BCUT2D eigenvalue weighted by molar-refractivity contribution is 0.0182. The van der Waals surface area contributed by atoms with Gasteiger partial charge < -0.3 is 8.92 Å². The molecule has 2 heterocycles. The highest BCUT2D eigenvalue weighted by atomic mass is 32.2. The molecule has 0 radical (unpaired) electrons. The number of fused-ring (bicyclic) bond motifs is 1. The number of nitrogens with zero attached hydrogens (tertiary/aromatic N) is 1. The van der Waals surface area contributed by atoms with Gasteiger partial charge in [0, 0.05) is 24.8 Å². The Morgan fingerprint density at radius 2 is 2.09 bits per heavy atom. The number of ether oxygens (including phenoxy) is 1. The van der Waals surface area contributed by atoms with E-state index in [0.717, 1.165) is 42.6 Å². The van der Waals surface area contributed by atoms with Gasteiger partial charge >= 0.3 is 10.1 Å². The minimum absolute atomic E-state index is 0.139. The summed E-state index contributed by atoms with van der Waals surface area (Å²) in [6.07, 6.45) is 5.99. The van der Waals surface area contributed by atoms with Crippen LogP contribution in [0.1, 0.15) is 32.1 Å². The third kappa shape index (κ3) is 2.97. The van der Waals surface area contributed by atoms with Crippen LogP contribution in [0, 0.1) is 5.41 Å². The van der Waals surface area contributed by atoms with E-state index in [1.807, 2.05) is 6.07 Å². The minimum atomic E-state index is -3.60. The molecule has 1 aliphatic carbocycles. The maximum atomic E-state index is 12.6. The Hall–Kier alpha value is -1.18. The first-order chi connectivity index (χ1) is 11.1. The monoisotopic (exact) mass is 353 g/mol. The van der Waals surface area contributed by atoms with Crippen LogP contribution >= 0.6 is 11.5 Å². The van der Waals surface area contributed by atoms with Crippen molar-refractivity contribution in [3.63, 3.8) is 0 Å². The van der Waals surface area contributed by atoms with Gasteiger partial charge in [-0.3, -0.25) is 0 Å². The van der Waals surface area contributed by atoms with Crippen molar-refractivity contribution in [2.75, 3.05) is 13.2 Å². The summed E-state index contributed by atoms with van der Waals surface area (Å²) < 4.78 is 41.2. The SMILES string of the molecule is O=S(=O)(Oc1ccc2sncc2c1)C1CCC2(CCOCC2)C1. The zero-order valence-electron chi connectivity index (χ0n) is 12.7. The van der Waals surface area contributed by atoms with Gasteiger partial charge in [0.1, 0.15) is 5.75 Å². The Bertz CT molecular complexity index is 808. The van der Waals surface area contributed by atoms with Crippen LogP contribution in [0.15, 0.2) is 24.4 Å². The number of hydrogen-bond donors (Lipinski definition) is 0. The number of hydrogen-bond acceptors (Lipinski definition) is 6. The Labute approximate surface area is 139 Å². The smallest absolute Gasteiger partial charge is 0.312 e. The summed E-state index contributed by atoms with van der Waals surface area (Å²) in [5, 5.41) is 0.506. The van der Waals surface area contributed by atoms with Gasteiger partial charge in [-0.2, -0.15) is 12.8 Å². The van der Waals surface area contributed by atoms with E-state index in [-0.39, 0.29) is 5.41 Å². The average molecular weight is 353 g/mol. The van der Waals surface area contributed by atoms with Crippen molar-refractivity contribution in [3.05, 3.63) is 24.4 Å². The quantitative estimate of drug-likeness (QED) is 0.792. The lowest BCUT2D eigenvalue weighted by Gasteiger charge is -2.33. The van der Waals surface area contributed by atoms with Gasteiger partial charge in [-0.1, -0.05) is 0 Å². The minimum Gasteiger partial charge on any atom is -0.382 e. The summed E-state index contributed by atoms with van der Waals surface area (Å²) in [5.74, 6) is 0.380. The van der Waals surface area contributed by atoms with Crippen LogP contribution in [0.25, 0.3) is 10.1 Å². The highest BCUT2D eigenvalue weighted by Gasteiger charge is 2.45. The Balaban J connectivity index is 1.51. The molecule has 1 aromatic carbocycles. The van der Waals surface area contributed by atoms with Crippen LogP contribution in [0.3, 0.4) is 0 Å². The lowest BCUT2D eigenvalue weighted by Crippen LogP contribution is -2.30. The van der Waals surface area contributed by atoms with Gasteiger partial charge in [0.2, 0.25) is 0 Å². The molecule has 2 aliphatic rings. The van der Waals surface area contributed by atoms with E-state index in [2.05, 4.69) is 4.37 Å². The van der Waals surface area contributed by atoms with E-state index < -0.39 is 15.4 Å². The summed E-state index contributed by atoms with van der Waals surface area (Å²) in [5.41, 5.74) is 0.139. The Morgan fingerprint density at radius 1 is 1.26 bits per heavy atom. The molecule has 5 nitrogen and oxygen atoms in total. The van der Waals surface area contributed by atoms with Gasteiger partial charge in [-0.15, -0.1) is 0 Å². The largest absolute Gasteiger partial charge is 0.382 e. The fourth-order valence-electron chi connectivity index (χ4n) is 3.76. The standard InChI is InChI=1S/C16H19NO4S2/c18-23(19,14-3-4-16(10-14)5-7-20-8-6-16)21-13-1-2-15-12(9-13)11-17-22-15/h1-2,9,11,14H,3-8,10H2. The van der Waals surface area contributed by atoms with Crippen LogP contribution in [0.5, 0.6) is 5.75 Å². The molecule has 124 valence electrons. The van der Waals surface area contributed by atoms with Gasteiger partial charge in [-0.25, -0.2) is 0 Å². The van der Waals surface area contributed by atoms with E-state index in [0.29, 0.717) is 18.6 Å². The van der Waals surface area contributed by atoms with Crippen molar-refractivity contribution >= 4 is 31.7 Å². The molecular weight excluding hydrogens is 334 g/mol. The van der Waals surface area contributed by atoms with Crippen molar-refractivity contribution in [2.24, 2.45) is 5.41 Å². The lowest BCUT2D eigenvalue weighted by atomic mass is 9.79. The zero-order chi connectivity index (χ0) is 15.9. The van der Waals surface area contributed by atoms with Crippen LogP contribution in [0.4, 0.5) is 0 Å². The Kier molecular flexibility index (Phi) is 3.82. The molecule has 1 aromatic heterocycles. The molecule has 1 saturated carbocycles. The van der Waals surface area contributed by atoms with E-state index in [9.17, 15) is 8.42 Å². The number of aromatic nitrogens is 1. The average Bonchev–Trinajstić information content (AvgIpc) is 3.15. The molecule has 1 saturated heterocycles. The molecule has 0 bridgehead atoms. The molecule has 7 heteroatoms. The topological polar surface area (TPSA) is 65.5 Å². The van der Waals surface area contributed by atoms with Crippen LogP contribution < -0.4 is 4.18 Å². The third-order valence-corrected chi connectivity index (χ3v) is 7.58. The third-order valence-electron chi connectivity index (χ3n) is 5.16. The van der Waals surface area contributed by atoms with Gasteiger partial charge in [0.15, 0.2) is 0 Å². The molecule has 0 amide bonds. The molecule has 4 rings (SSSR count). The highest BCUT2D eigenvalue weighted by molar-refractivity contribution is 7.87. The molecule has 2 aromatic rings. The molecule has 1 atom stereocenters. The van der Waals surface area contributed by atoms with E-state index >= 15 is 0 Å². The fourth-order valence-corrected chi connectivity index (χ4v) is 5.86. The summed E-state index contributed by atoms with van der Waals surface area (Å²) in [4.78, 5) is 0. The molecule has 1 aliphatic heterocycles. The predicted molar refractivity (Wildman–Crippen MR) is 89.3 cm³/mol. The highest BCUT2D eigenvalue weighted by Crippen LogP contribution is 2.48. The van der Waals surface area contributed by atoms with E-state index in [4.69, 9.17) is 8.92 Å². The van der Waals surface area contributed by atoms with E-state index in [1.54, 1.807) is 18.3 Å². The second-order valence-electron chi connectivity index (χ2n) is 6.58. The summed E-state index contributed by atoms with van der Waals surface area (Å²) in [6, 6.07) is 5.30. The number of benzene rings is 1. The zero-order valence-corrected chi connectivity index (χ0v) is 14.4. The second-order valence-corrected chi connectivity index (χ2v) is 9.23. The number of rotatable bonds is 3. The molecule has 2 fully saturated rings. The van der Waals surface area contributed by atoms with Crippen LogP contribution in [-0.4, -0.2) is 31.3 Å². The normalized spacial score (nSPS) is 24.3. The van der Waals surface area contributed by atoms with Crippen molar-refractivity contribution in [2.45, 2.75) is 37.4 Å². The first kappa shape index (κ1) is 15.4. The summed E-state index contributed by atoms with van der Waals surface area (Å²) in [6.45, 7) is 1.49. The fraction of sp³-hybridized carbons (Fsp3) is 0.562. The molecule has 1 unspecified atom stereocenters. The van der Waals surface area contributed by atoms with Crippen LogP contribution in [-0.2, 0) is 14.9 Å².